The molecule has 5 aromatic carbocycles. The van der Waals surface area contributed by atoms with Crippen LogP contribution in [0.15, 0.2) is 140 Å². The van der Waals surface area contributed by atoms with E-state index in [0.29, 0.717) is 26.2 Å². The van der Waals surface area contributed by atoms with E-state index in [2.05, 4.69) is 53.8 Å². The molecular weight excluding hydrogens is 677 g/mol. The average molecular weight is 727 g/mol. The van der Waals surface area contributed by atoms with E-state index in [-0.39, 0.29) is 44.1 Å². The molecule has 1 aliphatic carbocycles. The first kappa shape index (κ1) is 38.4. The fourth-order valence-electron chi connectivity index (χ4n) is 7.22. The average Bonchev–Trinajstić information content (AvgIpc) is 3.54. The van der Waals surface area contributed by atoms with Gasteiger partial charge in [-0.3, -0.25) is 4.79 Å². The summed E-state index contributed by atoms with van der Waals surface area (Å²) < 4.78 is 23.9. The molecule has 8 heteroatoms. The maximum Gasteiger partial charge on any atom is 0.407 e. The number of carbonyl (C=O) groups excluding carboxylic acids is 2. The van der Waals surface area contributed by atoms with Crippen molar-refractivity contribution in [2.24, 2.45) is 0 Å². The van der Waals surface area contributed by atoms with Crippen LogP contribution in [0.3, 0.4) is 0 Å². The molecule has 1 unspecified atom stereocenters. The van der Waals surface area contributed by atoms with Gasteiger partial charge in [-0.15, -0.1) is 0 Å². The third kappa shape index (κ3) is 10.0. The molecule has 54 heavy (non-hydrogen) atoms. The number of hydrogen-bond acceptors (Lipinski definition) is 6. The van der Waals surface area contributed by atoms with Crippen LogP contribution in [-0.4, -0.2) is 68.7 Å². The second-order valence-corrected chi connectivity index (χ2v) is 13.3. The van der Waals surface area contributed by atoms with Gasteiger partial charge in [-0.05, 0) is 59.2 Å². The van der Waals surface area contributed by atoms with Gasteiger partial charge in [0.2, 0.25) is 5.91 Å². The minimum Gasteiger partial charge on any atom is -0.449 e. The number of rotatable bonds is 19. The summed E-state index contributed by atoms with van der Waals surface area (Å²) in [5, 5.41) is 2.88. The van der Waals surface area contributed by atoms with Gasteiger partial charge in [0.15, 0.2) is 6.29 Å². The zero-order valence-electron chi connectivity index (χ0n) is 31.1. The van der Waals surface area contributed by atoms with Crippen LogP contribution in [0, 0.1) is 0 Å². The van der Waals surface area contributed by atoms with Crippen molar-refractivity contribution in [3.8, 4) is 11.1 Å². The van der Waals surface area contributed by atoms with Crippen molar-refractivity contribution in [2.45, 2.75) is 51.0 Å². The standard InChI is InChI=1S/C46H50N2O6/c1-3-52-44(53-4-2)30-48(29-28-37(35-20-10-6-11-21-35)36-22-12-7-13-23-36)45(49)43(33-51-31-34-18-8-5-9-19-34)47-46(50)54-32-42-40-26-16-14-24-38(40)39-25-15-17-27-41(39)42/h5-27,37,42-44H,3-4,28-33H2,1-2H3,(H,47,50). The number of nitrogens with zero attached hydrogens (tertiary/aromatic N) is 1. The van der Waals surface area contributed by atoms with E-state index in [1.807, 2.05) is 105 Å². The monoisotopic (exact) mass is 726 g/mol. The highest BCUT2D eigenvalue weighted by Gasteiger charge is 2.32. The quantitative estimate of drug-likeness (QED) is 0.0859. The normalized spacial score (nSPS) is 12.7. The van der Waals surface area contributed by atoms with Gasteiger partial charge in [0.1, 0.15) is 12.6 Å². The highest BCUT2D eigenvalue weighted by Crippen LogP contribution is 2.44. The van der Waals surface area contributed by atoms with Crippen LogP contribution in [0.5, 0.6) is 0 Å². The molecule has 0 aliphatic heterocycles. The number of hydrogen-bond donors (Lipinski definition) is 1. The summed E-state index contributed by atoms with van der Waals surface area (Å²) in [4.78, 5) is 30.1. The molecule has 280 valence electrons. The first-order valence-electron chi connectivity index (χ1n) is 18.9. The summed E-state index contributed by atoms with van der Waals surface area (Å²) in [5.74, 6) is -0.391. The molecule has 0 spiro atoms. The maximum atomic E-state index is 14.7. The number of alkyl carbamates (subject to hydrolysis) is 1. The Labute approximate surface area is 319 Å². The number of ether oxygens (including phenoxy) is 4. The van der Waals surface area contributed by atoms with E-state index in [4.69, 9.17) is 18.9 Å². The lowest BCUT2D eigenvalue weighted by molar-refractivity contribution is -0.160. The zero-order chi connectivity index (χ0) is 37.5. The lowest BCUT2D eigenvalue weighted by Gasteiger charge is -2.32. The highest BCUT2D eigenvalue weighted by atomic mass is 16.7. The summed E-state index contributed by atoms with van der Waals surface area (Å²) in [6.07, 6.45) is -0.694. The van der Waals surface area contributed by atoms with Gasteiger partial charge in [-0.25, -0.2) is 4.79 Å². The first-order valence-corrected chi connectivity index (χ1v) is 18.9. The van der Waals surface area contributed by atoms with Gasteiger partial charge in [0, 0.05) is 31.6 Å². The van der Waals surface area contributed by atoms with Crippen LogP contribution >= 0.6 is 0 Å². The summed E-state index contributed by atoms with van der Waals surface area (Å²) in [6, 6.07) is 45.7. The van der Waals surface area contributed by atoms with Gasteiger partial charge < -0.3 is 29.2 Å². The molecule has 5 aromatic rings. The van der Waals surface area contributed by atoms with Crippen molar-refractivity contribution in [2.75, 3.05) is 39.5 Å². The molecule has 1 aliphatic rings. The van der Waals surface area contributed by atoms with Crippen molar-refractivity contribution in [3.05, 3.63) is 167 Å². The molecule has 1 atom stereocenters. The van der Waals surface area contributed by atoms with Crippen LogP contribution < -0.4 is 5.32 Å². The van der Waals surface area contributed by atoms with E-state index in [1.54, 1.807) is 4.90 Å². The largest absolute Gasteiger partial charge is 0.449 e. The SMILES string of the molecule is CCOC(CN(CCC(c1ccccc1)c1ccccc1)C(=O)C(COCc1ccccc1)NC(=O)OCC1c2ccccc2-c2ccccc21)OCC. The number of nitrogens with one attached hydrogen (secondary N) is 1. The van der Waals surface area contributed by atoms with Gasteiger partial charge in [0.25, 0.3) is 0 Å². The molecule has 0 fully saturated rings. The van der Waals surface area contributed by atoms with E-state index in [1.165, 1.54) is 0 Å². The van der Waals surface area contributed by atoms with Crippen molar-refractivity contribution in [1.82, 2.24) is 10.2 Å². The highest BCUT2D eigenvalue weighted by molar-refractivity contribution is 5.86. The van der Waals surface area contributed by atoms with Crippen LogP contribution in [0.25, 0.3) is 11.1 Å². The van der Waals surface area contributed by atoms with Crippen molar-refractivity contribution >= 4 is 12.0 Å². The molecule has 1 N–H and O–H groups in total. The Morgan fingerprint density at radius 3 is 1.76 bits per heavy atom. The number of fused-ring (bicyclic) bond motifs is 3. The van der Waals surface area contributed by atoms with E-state index >= 15 is 0 Å². The third-order valence-electron chi connectivity index (χ3n) is 9.81. The van der Waals surface area contributed by atoms with Crippen LogP contribution in [0.4, 0.5) is 4.79 Å². The van der Waals surface area contributed by atoms with Crippen molar-refractivity contribution in [3.63, 3.8) is 0 Å². The predicted molar refractivity (Wildman–Crippen MR) is 211 cm³/mol. The van der Waals surface area contributed by atoms with E-state index < -0.39 is 18.4 Å². The first-order chi connectivity index (χ1) is 26.6. The summed E-state index contributed by atoms with van der Waals surface area (Å²) >= 11 is 0. The second kappa shape index (κ2) is 19.7. The molecular formula is C46H50N2O6. The van der Waals surface area contributed by atoms with Gasteiger partial charge in [0.05, 0.1) is 19.8 Å². The van der Waals surface area contributed by atoms with Crippen molar-refractivity contribution < 1.29 is 28.5 Å². The fourth-order valence-corrected chi connectivity index (χ4v) is 7.22. The van der Waals surface area contributed by atoms with Gasteiger partial charge in [-0.1, -0.05) is 140 Å². The Morgan fingerprint density at radius 2 is 1.20 bits per heavy atom. The fraction of sp³-hybridized carbons (Fsp3) is 0.304. The van der Waals surface area contributed by atoms with Crippen LogP contribution in [-0.2, 0) is 30.3 Å². The zero-order valence-corrected chi connectivity index (χ0v) is 31.1. The predicted octanol–water partition coefficient (Wildman–Crippen LogP) is 8.56. The lowest BCUT2D eigenvalue weighted by atomic mass is 9.88. The minimum atomic E-state index is -1.03. The number of amides is 2. The second-order valence-electron chi connectivity index (χ2n) is 13.3. The van der Waals surface area contributed by atoms with Crippen LogP contribution in [0.2, 0.25) is 0 Å². The Morgan fingerprint density at radius 1 is 0.685 bits per heavy atom. The summed E-state index contributed by atoms with van der Waals surface area (Å²) in [6.45, 7) is 5.56. The minimum absolute atomic E-state index is 0.0307. The molecule has 0 aromatic heterocycles. The Bertz CT molecular complexity index is 1810. The summed E-state index contributed by atoms with van der Waals surface area (Å²) in [7, 11) is 0. The van der Waals surface area contributed by atoms with E-state index in [0.717, 1.165) is 38.9 Å². The van der Waals surface area contributed by atoms with Gasteiger partial charge >= 0.3 is 6.09 Å². The lowest BCUT2D eigenvalue weighted by Crippen LogP contribution is -2.53. The topological polar surface area (TPSA) is 86.3 Å². The maximum absolute atomic E-state index is 14.7. The smallest absolute Gasteiger partial charge is 0.407 e. The molecule has 6 rings (SSSR count). The number of benzene rings is 5. The third-order valence-corrected chi connectivity index (χ3v) is 9.81. The molecule has 0 saturated carbocycles. The van der Waals surface area contributed by atoms with E-state index in [9.17, 15) is 9.59 Å². The van der Waals surface area contributed by atoms with Crippen LogP contribution in [0.1, 0.15) is 59.9 Å². The molecule has 0 radical (unpaired) electrons. The Kier molecular flexibility index (Phi) is 14.0. The molecule has 2 amide bonds. The number of carbonyl (C=O) groups is 2. The molecule has 0 heterocycles. The molecule has 8 nitrogen and oxygen atoms in total. The van der Waals surface area contributed by atoms with Crippen molar-refractivity contribution in [1.29, 1.82) is 0 Å². The Hall–Kier alpha value is -5.28. The molecule has 0 bridgehead atoms. The Balaban J connectivity index is 1.22. The summed E-state index contributed by atoms with van der Waals surface area (Å²) in [5.41, 5.74) is 7.78. The van der Waals surface area contributed by atoms with Gasteiger partial charge in [-0.2, -0.15) is 0 Å². The molecule has 0 saturated heterocycles.